The van der Waals surface area contributed by atoms with Crippen molar-refractivity contribution >= 4 is 15.7 Å². The maximum atomic E-state index is 14.0. The number of amides is 1. The van der Waals surface area contributed by atoms with E-state index < -0.39 is 21.6 Å². The average molecular weight is 340 g/mol. The van der Waals surface area contributed by atoms with Crippen molar-refractivity contribution in [3.8, 4) is 0 Å². The van der Waals surface area contributed by atoms with Crippen LogP contribution in [0.3, 0.4) is 0 Å². The zero-order valence-corrected chi connectivity index (χ0v) is 13.8. The van der Waals surface area contributed by atoms with Crippen LogP contribution in [0.25, 0.3) is 0 Å². The minimum Gasteiger partial charge on any atom is -0.332 e. The molecule has 1 amide bonds. The molecular formula is C16H21FN2O3S. The molecule has 1 saturated heterocycles. The van der Waals surface area contributed by atoms with Gasteiger partial charge in [0.05, 0.1) is 23.3 Å². The molecule has 23 heavy (non-hydrogen) atoms. The fourth-order valence-electron chi connectivity index (χ4n) is 3.67. The third-order valence-electron chi connectivity index (χ3n) is 4.81. The van der Waals surface area contributed by atoms with Crippen molar-refractivity contribution in [2.75, 3.05) is 11.5 Å². The van der Waals surface area contributed by atoms with Crippen LogP contribution in [0.4, 0.5) is 4.39 Å². The lowest BCUT2D eigenvalue weighted by Gasteiger charge is -2.38. The number of carbonyl (C=O) groups excluding carboxylic acids is 1. The van der Waals surface area contributed by atoms with Crippen LogP contribution in [0.2, 0.25) is 0 Å². The maximum Gasteiger partial charge on any atom is 0.257 e. The van der Waals surface area contributed by atoms with Gasteiger partial charge in [-0.05, 0) is 25.3 Å². The fraction of sp³-hybridized carbons (Fsp3) is 0.625. The lowest BCUT2D eigenvalue weighted by atomic mass is 9.92. The molecule has 2 heterocycles. The predicted octanol–water partition coefficient (Wildman–Crippen LogP) is 2.18. The van der Waals surface area contributed by atoms with E-state index in [0.717, 1.165) is 38.3 Å². The molecule has 2 aliphatic rings. The van der Waals surface area contributed by atoms with E-state index in [0.29, 0.717) is 6.42 Å². The topological polar surface area (TPSA) is 67.3 Å². The molecule has 0 spiro atoms. The summed E-state index contributed by atoms with van der Waals surface area (Å²) in [6.45, 7) is 0. The summed E-state index contributed by atoms with van der Waals surface area (Å²) in [6.07, 6.45) is 7.74. The van der Waals surface area contributed by atoms with Crippen molar-refractivity contribution < 1.29 is 17.6 Å². The zero-order valence-electron chi connectivity index (χ0n) is 12.9. The summed E-state index contributed by atoms with van der Waals surface area (Å²) in [6, 6.07) is 1.03. The predicted molar refractivity (Wildman–Crippen MR) is 84.3 cm³/mol. The second-order valence-electron chi connectivity index (χ2n) is 6.42. The normalized spacial score (nSPS) is 24.5. The van der Waals surface area contributed by atoms with E-state index in [2.05, 4.69) is 4.98 Å². The van der Waals surface area contributed by atoms with E-state index in [9.17, 15) is 17.6 Å². The number of carbonyl (C=O) groups is 1. The van der Waals surface area contributed by atoms with Crippen LogP contribution in [-0.2, 0) is 9.84 Å². The van der Waals surface area contributed by atoms with Crippen molar-refractivity contribution in [1.82, 2.24) is 9.88 Å². The van der Waals surface area contributed by atoms with Crippen LogP contribution in [0.1, 0.15) is 48.9 Å². The lowest BCUT2D eigenvalue weighted by Crippen LogP contribution is -2.48. The fourth-order valence-corrected chi connectivity index (χ4v) is 5.38. The van der Waals surface area contributed by atoms with E-state index in [1.807, 2.05) is 0 Å². The van der Waals surface area contributed by atoms with Gasteiger partial charge >= 0.3 is 0 Å². The molecule has 0 radical (unpaired) electrons. The minimum absolute atomic E-state index is 0.00196. The quantitative estimate of drug-likeness (QED) is 0.846. The highest BCUT2D eigenvalue weighted by Gasteiger charge is 2.39. The molecule has 5 nitrogen and oxygen atoms in total. The Morgan fingerprint density at radius 2 is 1.91 bits per heavy atom. The number of nitrogens with zero attached hydrogens (tertiary/aromatic N) is 2. The van der Waals surface area contributed by atoms with Crippen LogP contribution < -0.4 is 0 Å². The number of aromatic nitrogens is 1. The minimum atomic E-state index is -3.10. The maximum absolute atomic E-state index is 14.0. The SMILES string of the molecule is O=C(c1ccncc1F)N(C1CCCCC1)C1CCS(=O)(=O)C1. The first-order valence-corrected chi connectivity index (χ1v) is 9.93. The van der Waals surface area contributed by atoms with E-state index in [1.165, 1.54) is 12.3 Å². The molecule has 126 valence electrons. The van der Waals surface area contributed by atoms with Gasteiger partial charge in [0, 0.05) is 18.3 Å². The van der Waals surface area contributed by atoms with Crippen molar-refractivity contribution in [2.45, 2.75) is 50.6 Å². The first kappa shape index (κ1) is 16.4. The number of pyridine rings is 1. The first-order valence-electron chi connectivity index (χ1n) is 8.10. The molecule has 0 aromatic carbocycles. The number of sulfone groups is 1. The average Bonchev–Trinajstić information content (AvgIpc) is 2.88. The summed E-state index contributed by atoms with van der Waals surface area (Å²) in [5.41, 5.74) is -0.0186. The Labute approximate surface area is 135 Å². The van der Waals surface area contributed by atoms with Crippen molar-refractivity contribution in [1.29, 1.82) is 0 Å². The molecule has 0 N–H and O–H groups in total. The number of hydrogen-bond donors (Lipinski definition) is 0. The van der Waals surface area contributed by atoms with E-state index in [4.69, 9.17) is 0 Å². The Bertz CT molecular complexity index is 686. The number of rotatable bonds is 3. The van der Waals surface area contributed by atoms with Gasteiger partial charge in [-0.1, -0.05) is 19.3 Å². The Balaban J connectivity index is 1.91. The lowest BCUT2D eigenvalue weighted by molar-refractivity contribution is 0.0537. The van der Waals surface area contributed by atoms with Gasteiger partial charge in [0.2, 0.25) is 0 Å². The zero-order chi connectivity index (χ0) is 16.4. The second-order valence-corrected chi connectivity index (χ2v) is 8.65. The summed E-state index contributed by atoms with van der Waals surface area (Å²) in [5.74, 6) is -0.965. The summed E-state index contributed by atoms with van der Waals surface area (Å²) in [4.78, 5) is 18.3. The molecule has 1 unspecified atom stereocenters. The van der Waals surface area contributed by atoms with Crippen LogP contribution in [0.15, 0.2) is 18.5 Å². The molecule has 1 aliphatic heterocycles. The highest BCUT2D eigenvalue weighted by atomic mass is 32.2. The van der Waals surface area contributed by atoms with Gasteiger partial charge in [-0.2, -0.15) is 0 Å². The second kappa shape index (κ2) is 6.55. The van der Waals surface area contributed by atoms with E-state index >= 15 is 0 Å². The first-order chi connectivity index (χ1) is 11.0. The van der Waals surface area contributed by atoms with Gasteiger partial charge in [0.15, 0.2) is 15.7 Å². The third-order valence-corrected chi connectivity index (χ3v) is 6.56. The van der Waals surface area contributed by atoms with Gasteiger partial charge in [-0.25, -0.2) is 12.8 Å². The molecule has 0 bridgehead atoms. The smallest absolute Gasteiger partial charge is 0.257 e. The molecule has 1 aliphatic carbocycles. The Morgan fingerprint density at radius 3 is 2.52 bits per heavy atom. The van der Waals surface area contributed by atoms with Gasteiger partial charge in [-0.3, -0.25) is 9.78 Å². The third kappa shape index (κ3) is 3.54. The molecule has 1 atom stereocenters. The molecule has 1 saturated carbocycles. The highest BCUT2D eigenvalue weighted by Crippen LogP contribution is 2.30. The largest absolute Gasteiger partial charge is 0.332 e. The van der Waals surface area contributed by atoms with Crippen LogP contribution in [0.5, 0.6) is 0 Å². The summed E-state index contributed by atoms with van der Waals surface area (Å²) >= 11 is 0. The van der Waals surface area contributed by atoms with Gasteiger partial charge in [0.25, 0.3) is 5.91 Å². The van der Waals surface area contributed by atoms with Crippen LogP contribution in [-0.4, -0.2) is 47.8 Å². The molecule has 7 heteroatoms. The van der Waals surface area contributed by atoms with Gasteiger partial charge < -0.3 is 4.90 Å². The highest BCUT2D eigenvalue weighted by molar-refractivity contribution is 7.91. The van der Waals surface area contributed by atoms with Crippen molar-refractivity contribution in [3.05, 3.63) is 29.8 Å². The standard InChI is InChI=1S/C16H21FN2O3S/c17-15-10-18-8-6-14(15)16(20)19(12-4-2-1-3-5-12)13-7-9-23(21,22)11-13/h6,8,10,12-13H,1-5,7,9,11H2. The molecule has 2 fully saturated rings. The van der Waals surface area contributed by atoms with Gasteiger partial charge in [-0.15, -0.1) is 0 Å². The number of halogens is 1. The Kier molecular flexibility index (Phi) is 4.66. The molecule has 3 rings (SSSR count). The summed E-state index contributed by atoms with van der Waals surface area (Å²) in [7, 11) is -3.10. The van der Waals surface area contributed by atoms with Crippen molar-refractivity contribution in [2.24, 2.45) is 0 Å². The van der Waals surface area contributed by atoms with Gasteiger partial charge in [0.1, 0.15) is 0 Å². The van der Waals surface area contributed by atoms with E-state index in [1.54, 1.807) is 4.90 Å². The molecule has 1 aromatic heterocycles. The summed E-state index contributed by atoms with van der Waals surface area (Å²) < 4.78 is 37.6. The molecular weight excluding hydrogens is 319 g/mol. The van der Waals surface area contributed by atoms with E-state index in [-0.39, 0.29) is 29.2 Å². The van der Waals surface area contributed by atoms with Crippen molar-refractivity contribution in [3.63, 3.8) is 0 Å². The monoisotopic (exact) mass is 340 g/mol. The Hall–Kier alpha value is -1.50. The van der Waals surface area contributed by atoms with Crippen LogP contribution >= 0.6 is 0 Å². The number of hydrogen-bond acceptors (Lipinski definition) is 4. The summed E-state index contributed by atoms with van der Waals surface area (Å²) in [5, 5.41) is 0. The Morgan fingerprint density at radius 1 is 1.17 bits per heavy atom. The molecule has 1 aromatic rings. The van der Waals surface area contributed by atoms with Crippen LogP contribution in [0, 0.1) is 5.82 Å².